The number of hydrogen-bond donors (Lipinski definition) is 1. The predicted molar refractivity (Wildman–Crippen MR) is 134 cm³/mol. The molecule has 1 aliphatic heterocycles. The van der Waals surface area contributed by atoms with Crippen LogP contribution in [0.2, 0.25) is 0 Å². The van der Waals surface area contributed by atoms with Crippen LogP contribution in [-0.4, -0.2) is 56.9 Å². The van der Waals surface area contributed by atoms with Gasteiger partial charge in [0.15, 0.2) is 0 Å². The van der Waals surface area contributed by atoms with Crippen molar-refractivity contribution >= 4 is 33.0 Å². The van der Waals surface area contributed by atoms with Gasteiger partial charge in [-0.05, 0) is 54.7 Å². The highest BCUT2D eigenvalue weighted by Crippen LogP contribution is 2.27. The van der Waals surface area contributed by atoms with Crippen LogP contribution >= 0.6 is 11.3 Å². The Morgan fingerprint density at radius 3 is 2.53 bits per heavy atom. The maximum atomic E-state index is 13.5. The van der Waals surface area contributed by atoms with E-state index in [2.05, 4.69) is 23.7 Å². The topological polar surface area (TPSA) is 79.0 Å². The van der Waals surface area contributed by atoms with Gasteiger partial charge in [0.1, 0.15) is 6.04 Å². The number of morpholine rings is 1. The van der Waals surface area contributed by atoms with Crippen molar-refractivity contribution in [1.82, 2.24) is 9.21 Å². The zero-order valence-electron chi connectivity index (χ0n) is 19.3. The number of sulfonamides is 1. The van der Waals surface area contributed by atoms with E-state index in [1.165, 1.54) is 20.8 Å². The zero-order chi connectivity index (χ0) is 24.1. The molecule has 0 spiro atoms. The van der Waals surface area contributed by atoms with Crippen molar-refractivity contribution in [3.8, 4) is 0 Å². The Bertz CT molecular complexity index is 1220. The monoisotopic (exact) mass is 499 g/mol. The number of hydrogen-bond acceptors (Lipinski definition) is 6. The van der Waals surface area contributed by atoms with Crippen LogP contribution in [-0.2, 0) is 26.1 Å². The lowest BCUT2D eigenvalue weighted by atomic mass is 10.0. The van der Waals surface area contributed by atoms with Crippen molar-refractivity contribution in [2.24, 2.45) is 0 Å². The summed E-state index contributed by atoms with van der Waals surface area (Å²) in [5, 5.41) is 5.00. The lowest BCUT2D eigenvalue weighted by Gasteiger charge is -2.28. The van der Waals surface area contributed by atoms with Gasteiger partial charge in [-0.3, -0.25) is 9.69 Å². The summed E-state index contributed by atoms with van der Waals surface area (Å²) in [5.41, 5.74) is 2.51. The van der Waals surface area contributed by atoms with E-state index in [-0.39, 0.29) is 10.8 Å². The molecule has 1 fully saturated rings. The van der Waals surface area contributed by atoms with Gasteiger partial charge in [0, 0.05) is 30.2 Å². The first-order valence-electron chi connectivity index (χ1n) is 11.1. The summed E-state index contributed by atoms with van der Waals surface area (Å²) in [7, 11) is -1.73. The predicted octanol–water partition coefficient (Wildman–Crippen LogP) is 3.89. The number of anilines is 1. The first kappa shape index (κ1) is 24.6. The van der Waals surface area contributed by atoms with Crippen molar-refractivity contribution in [2.75, 3.05) is 38.7 Å². The van der Waals surface area contributed by atoms with Crippen molar-refractivity contribution in [2.45, 2.75) is 24.4 Å². The number of nitrogens with zero attached hydrogens (tertiary/aromatic N) is 2. The molecule has 1 saturated heterocycles. The van der Waals surface area contributed by atoms with Crippen LogP contribution in [0.15, 0.2) is 70.9 Å². The molecule has 34 heavy (non-hydrogen) atoms. The minimum absolute atomic E-state index is 0.158. The van der Waals surface area contributed by atoms with Crippen molar-refractivity contribution in [1.29, 1.82) is 0 Å². The van der Waals surface area contributed by atoms with E-state index in [4.69, 9.17) is 4.74 Å². The van der Waals surface area contributed by atoms with Gasteiger partial charge in [-0.15, -0.1) is 11.3 Å². The minimum atomic E-state index is -3.66. The van der Waals surface area contributed by atoms with Crippen molar-refractivity contribution in [3.63, 3.8) is 0 Å². The molecule has 1 amide bonds. The molecule has 0 aliphatic carbocycles. The van der Waals surface area contributed by atoms with Gasteiger partial charge in [0.2, 0.25) is 15.9 Å². The minimum Gasteiger partial charge on any atom is -0.379 e. The van der Waals surface area contributed by atoms with E-state index < -0.39 is 16.1 Å². The fraction of sp³-hybridized carbons (Fsp3) is 0.320. The van der Waals surface area contributed by atoms with Gasteiger partial charge >= 0.3 is 0 Å². The Labute approximate surface area is 205 Å². The van der Waals surface area contributed by atoms with Gasteiger partial charge in [0.05, 0.1) is 18.1 Å². The molecule has 9 heteroatoms. The summed E-state index contributed by atoms with van der Waals surface area (Å²) in [6.45, 7) is 4.10. The van der Waals surface area contributed by atoms with E-state index >= 15 is 0 Å². The highest BCUT2D eigenvalue weighted by atomic mass is 32.2. The number of amides is 1. The van der Waals surface area contributed by atoms with Crippen LogP contribution < -0.4 is 5.32 Å². The Morgan fingerprint density at radius 2 is 1.85 bits per heavy atom. The fourth-order valence-electron chi connectivity index (χ4n) is 4.01. The quantitative estimate of drug-likeness (QED) is 0.509. The van der Waals surface area contributed by atoms with Gasteiger partial charge < -0.3 is 10.1 Å². The van der Waals surface area contributed by atoms with Crippen LogP contribution in [0.4, 0.5) is 5.69 Å². The number of carbonyl (C=O) groups excluding carboxylic acids is 1. The third-order valence-corrected chi connectivity index (χ3v) is 8.78. The first-order chi connectivity index (χ1) is 16.4. The molecule has 180 valence electrons. The average molecular weight is 500 g/mol. The molecule has 1 atom stereocenters. The summed E-state index contributed by atoms with van der Waals surface area (Å²) < 4.78 is 32.8. The van der Waals surface area contributed by atoms with E-state index in [0.717, 1.165) is 5.56 Å². The van der Waals surface area contributed by atoms with E-state index in [1.54, 1.807) is 29.5 Å². The normalized spacial score (nSPS) is 15.9. The number of aryl methyl sites for hydroxylation is 1. The molecule has 0 saturated carbocycles. The van der Waals surface area contributed by atoms with Gasteiger partial charge in [-0.1, -0.05) is 36.4 Å². The third kappa shape index (κ3) is 5.56. The Hall–Kier alpha value is -2.56. The van der Waals surface area contributed by atoms with Crippen LogP contribution in [0.3, 0.4) is 0 Å². The Morgan fingerprint density at radius 1 is 1.12 bits per heavy atom. The molecule has 7 nitrogen and oxygen atoms in total. The molecule has 1 aromatic heterocycles. The van der Waals surface area contributed by atoms with E-state index in [9.17, 15) is 13.2 Å². The molecule has 1 N–H and O–H groups in total. The SMILES string of the molecule is Cc1ccsc1CN(C)[C@@H](C(=O)Nc1cccc(S(=O)(=O)N2CCOCC2)c1)c1ccccc1. The second-order valence-electron chi connectivity index (χ2n) is 8.29. The summed E-state index contributed by atoms with van der Waals surface area (Å²) in [6.07, 6.45) is 0. The van der Waals surface area contributed by atoms with E-state index in [0.29, 0.717) is 38.5 Å². The number of nitrogens with one attached hydrogen (secondary N) is 1. The van der Waals surface area contributed by atoms with Crippen LogP contribution in [0.25, 0.3) is 0 Å². The summed E-state index contributed by atoms with van der Waals surface area (Å²) in [5.74, 6) is -0.219. The highest BCUT2D eigenvalue weighted by Gasteiger charge is 2.28. The van der Waals surface area contributed by atoms with Gasteiger partial charge in [0.25, 0.3) is 0 Å². The molecular weight excluding hydrogens is 470 g/mol. The maximum Gasteiger partial charge on any atom is 0.246 e. The summed E-state index contributed by atoms with van der Waals surface area (Å²) in [4.78, 5) is 16.9. The summed E-state index contributed by atoms with van der Waals surface area (Å²) >= 11 is 1.67. The maximum absolute atomic E-state index is 13.5. The van der Waals surface area contributed by atoms with Crippen molar-refractivity contribution in [3.05, 3.63) is 82.0 Å². The van der Waals surface area contributed by atoms with Gasteiger partial charge in [-0.25, -0.2) is 8.42 Å². The Balaban J connectivity index is 1.57. The molecule has 0 radical (unpaired) electrons. The molecule has 3 aromatic rings. The molecule has 2 heterocycles. The third-order valence-electron chi connectivity index (χ3n) is 5.88. The highest BCUT2D eigenvalue weighted by molar-refractivity contribution is 7.89. The number of likely N-dealkylation sites (N-methyl/N-ethyl adjacent to an activating group) is 1. The lowest BCUT2D eigenvalue weighted by Crippen LogP contribution is -2.40. The van der Waals surface area contributed by atoms with E-state index in [1.807, 2.05) is 42.3 Å². The smallest absolute Gasteiger partial charge is 0.246 e. The molecule has 2 aromatic carbocycles. The number of carbonyl (C=O) groups is 1. The Kier molecular flexibility index (Phi) is 7.80. The number of rotatable bonds is 8. The molecule has 4 rings (SSSR count). The lowest BCUT2D eigenvalue weighted by molar-refractivity contribution is -0.121. The van der Waals surface area contributed by atoms with Crippen molar-refractivity contribution < 1.29 is 17.9 Å². The number of ether oxygens (including phenoxy) is 1. The largest absolute Gasteiger partial charge is 0.379 e. The van der Waals surface area contributed by atoms with Crippen LogP contribution in [0.1, 0.15) is 22.0 Å². The molecular formula is C25H29N3O4S2. The first-order valence-corrected chi connectivity index (χ1v) is 13.5. The second kappa shape index (κ2) is 10.8. The van der Waals surface area contributed by atoms with Crippen LogP contribution in [0.5, 0.6) is 0 Å². The standard InChI is InChI=1S/C25H29N3O4S2/c1-19-11-16-33-23(19)18-27(2)24(20-7-4-3-5-8-20)25(29)26-21-9-6-10-22(17-21)34(30,31)28-12-14-32-15-13-28/h3-11,16-17,24H,12-15,18H2,1-2H3,(H,26,29)/t24-/m1/s1. The molecule has 1 aliphatic rings. The average Bonchev–Trinajstić information content (AvgIpc) is 3.24. The van der Waals surface area contributed by atoms with Crippen LogP contribution in [0, 0.1) is 6.92 Å². The zero-order valence-corrected chi connectivity index (χ0v) is 20.9. The summed E-state index contributed by atoms with van der Waals surface area (Å²) in [6, 6.07) is 17.6. The number of benzene rings is 2. The van der Waals surface area contributed by atoms with Gasteiger partial charge in [-0.2, -0.15) is 4.31 Å². The number of thiophene rings is 1. The molecule has 0 unspecified atom stereocenters. The second-order valence-corrected chi connectivity index (χ2v) is 11.2. The fourth-order valence-corrected chi connectivity index (χ4v) is 6.43. The molecule has 0 bridgehead atoms.